The molecule has 0 saturated carbocycles. The van der Waals surface area contributed by atoms with Gasteiger partial charge in [-0.25, -0.2) is 4.98 Å². The highest BCUT2D eigenvalue weighted by atomic mass is 32.1. The van der Waals surface area contributed by atoms with Gasteiger partial charge >= 0.3 is 0 Å². The first-order chi connectivity index (χ1) is 12.7. The number of nitrogens with one attached hydrogen (secondary N) is 1. The van der Waals surface area contributed by atoms with E-state index in [1.165, 1.54) is 0 Å². The van der Waals surface area contributed by atoms with Gasteiger partial charge in [0.2, 0.25) is 11.8 Å². The Morgan fingerprint density at radius 2 is 2.27 bits per heavy atom. The average Bonchev–Trinajstić information content (AvgIpc) is 3.33. The van der Waals surface area contributed by atoms with Crippen LogP contribution >= 0.6 is 22.7 Å². The molecule has 2 aromatic heterocycles. The van der Waals surface area contributed by atoms with Crippen molar-refractivity contribution < 1.29 is 9.59 Å². The molecule has 0 spiro atoms. The smallest absolute Gasteiger partial charge is 0.227 e. The fraction of sp³-hybridized carbons (Fsp3) is 0.526. The number of carbonyl (C=O) groups is 2. The van der Waals surface area contributed by atoms with E-state index in [9.17, 15) is 9.59 Å². The van der Waals surface area contributed by atoms with Crippen molar-refractivity contribution in [3.8, 4) is 0 Å². The Bertz CT molecular complexity index is 727. The van der Waals surface area contributed by atoms with Gasteiger partial charge in [0.25, 0.3) is 0 Å². The van der Waals surface area contributed by atoms with E-state index in [0.717, 1.165) is 47.9 Å². The van der Waals surface area contributed by atoms with Crippen LogP contribution in [0.15, 0.2) is 22.9 Å². The average molecular weight is 392 g/mol. The van der Waals surface area contributed by atoms with Crippen LogP contribution in [0, 0.1) is 0 Å². The summed E-state index contributed by atoms with van der Waals surface area (Å²) in [6.07, 6.45) is 3.89. The monoisotopic (exact) mass is 391 g/mol. The van der Waals surface area contributed by atoms with Gasteiger partial charge < -0.3 is 10.2 Å². The van der Waals surface area contributed by atoms with Gasteiger partial charge in [-0.05, 0) is 24.3 Å². The van der Waals surface area contributed by atoms with Gasteiger partial charge in [0.1, 0.15) is 0 Å². The van der Waals surface area contributed by atoms with Crippen LogP contribution in [-0.4, -0.2) is 41.3 Å². The number of thiazole rings is 1. The van der Waals surface area contributed by atoms with Crippen LogP contribution in [0.4, 0.5) is 0 Å². The quantitative estimate of drug-likeness (QED) is 0.788. The van der Waals surface area contributed by atoms with Crippen LogP contribution < -0.4 is 5.32 Å². The number of piperidine rings is 1. The van der Waals surface area contributed by atoms with E-state index in [2.05, 4.69) is 10.7 Å². The minimum atomic E-state index is 0.0765. The van der Waals surface area contributed by atoms with Crippen LogP contribution in [0.2, 0.25) is 0 Å². The number of hydrogen-bond acceptors (Lipinski definition) is 5. The van der Waals surface area contributed by atoms with Crippen molar-refractivity contribution in [1.82, 2.24) is 15.2 Å². The number of thiophene rings is 1. The lowest BCUT2D eigenvalue weighted by Crippen LogP contribution is -2.39. The number of aromatic nitrogens is 1. The van der Waals surface area contributed by atoms with E-state index < -0.39 is 0 Å². The lowest BCUT2D eigenvalue weighted by molar-refractivity contribution is -0.131. The third-order valence-electron chi connectivity index (χ3n) is 4.62. The van der Waals surface area contributed by atoms with Crippen molar-refractivity contribution in [1.29, 1.82) is 0 Å². The predicted molar refractivity (Wildman–Crippen MR) is 106 cm³/mol. The van der Waals surface area contributed by atoms with E-state index >= 15 is 0 Å². The van der Waals surface area contributed by atoms with Crippen LogP contribution in [0.5, 0.6) is 0 Å². The summed E-state index contributed by atoms with van der Waals surface area (Å²) >= 11 is 3.32. The number of hydrogen-bond donors (Lipinski definition) is 1. The highest BCUT2D eigenvalue weighted by molar-refractivity contribution is 7.10. The minimum Gasteiger partial charge on any atom is -0.356 e. The molecule has 1 saturated heterocycles. The van der Waals surface area contributed by atoms with Crippen LogP contribution in [0.25, 0.3) is 0 Å². The second kappa shape index (κ2) is 9.28. The lowest BCUT2D eigenvalue weighted by Gasteiger charge is -2.31. The zero-order valence-electron chi connectivity index (χ0n) is 15.1. The fourth-order valence-corrected chi connectivity index (χ4v) is 4.84. The molecule has 26 heavy (non-hydrogen) atoms. The van der Waals surface area contributed by atoms with Crippen molar-refractivity contribution >= 4 is 34.5 Å². The highest BCUT2D eigenvalue weighted by Gasteiger charge is 2.26. The summed E-state index contributed by atoms with van der Waals surface area (Å²) in [5, 5.41) is 8.11. The molecule has 0 aromatic carbocycles. The van der Waals surface area contributed by atoms with Gasteiger partial charge in [-0.15, -0.1) is 22.7 Å². The summed E-state index contributed by atoms with van der Waals surface area (Å²) in [7, 11) is 0. The van der Waals surface area contributed by atoms with E-state index in [1.807, 2.05) is 29.3 Å². The van der Waals surface area contributed by atoms with E-state index in [1.54, 1.807) is 22.7 Å². The lowest BCUT2D eigenvalue weighted by atomic mass is 9.98. The van der Waals surface area contributed by atoms with E-state index in [4.69, 9.17) is 4.98 Å². The number of rotatable bonds is 7. The van der Waals surface area contributed by atoms with Gasteiger partial charge in [0.15, 0.2) is 0 Å². The zero-order valence-corrected chi connectivity index (χ0v) is 16.7. The van der Waals surface area contributed by atoms with Gasteiger partial charge in [0.05, 0.1) is 17.1 Å². The van der Waals surface area contributed by atoms with Crippen LogP contribution in [0.3, 0.4) is 0 Å². The number of nitrogens with zero attached hydrogens (tertiary/aromatic N) is 2. The number of carbonyl (C=O) groups excluding carboxylic acids is 2. The molecule has 0 radical (unpaired) electrons. The Labute approximate surface area is 162 Å². The number of likely N-dealkylation sites (tertiary alicyclic amines) is 1. The zero-order chi connectivity index (χ0) is 18.4. The summed E-state index contributed by atoms with van der Waals surface area (Å²) < 4.78 is 0. The molecular weight excluding hydrogens is 366 g/mol. The molecule has 2 amide bonds. The van der Waals surface area contributed by atoms with E-state index in [-0.39, 0.29) is 11.8 Å². The molecule has 0 bridgehead atoms. The summed E-state index contributed by atoms with van der Waals surface area (Å²) in [4.78, 5) is 31.7. The second-order valence-corrected chi connectivity index (χ2v) is 8.49. The predicted octanol–water partition coefficient (Wildman–Crippen LogP) is 3.22. The molecule has 3 rings (SSSR count). The van der Waals surface area contributed by atoms with Crippen LogP contribution in [-0.2, 0) is 22.4 Å². The molecule has 1 unspecified atom stereocenters. The van der Waals surface area contributed by atoms with Gasteiger partial charge in [-0.2, -0.15) is 0 Å². The maximum Gasteiger partial charge on any atom is 0.227 e. The first-order valence-electron chi connectivity index (χ1n) is 9.17. The van der Waals surface area contributed by atoms with Crippen molar-refractivity contribution in [3.05, 3.63) is 38.5 Å². The van der Waals surface area contributed by atoms with E-state index in [0.29, 0.717) is 25.3 Å². The molecule has 1 N–H and O–H groups in total. The van der Waals surface area contributed by atoms with Gasteiger partial charge in [-0.3, -0.25) is 9.59 Å². The van der Waals surface area contributed by atoms with Crippen molar-refractivity contribution in [3.63, 3.8) is 0 Å². The summed E-state index contributed by atoms with van der Waals surface area (Å²) in [6, 6.07) is 4.01. The molecule has 2 aromatic rings. The standard InChI is InChI=1S/C19H25N3O2S2/c1-2-17(23)20-8-7-15-13-26-19(21-15)14-5-3-9-22(12-14)18(24)11-16-6-4-10-25-16/h4,6,10,13-14H,2-3,5,7-9,11-12H2,1H3,(H,20,23). The topological polar surface area (TPSA) is 62.3 Å². The molecule has 1 aliphatic heterocycles. The fourth-order valence-electron chi connectivity index (χ4n) is 3.16. The third-order valence-corrected chi connectivity index (χ3v) is 6.56. The van der Waals surface area contributed by atoms with Crippen molar-refractivity contribution in [2.75, 3.05) is 19.6 Å². The van der Waals surface area contributed by atoms with Gasteiger partial charge in [0, 0.05) is 48.7 Å². The Hall–Kier alpha value is -1.73. The Balaban J connectivity index is 1.52. The first-order valence-corrected chi connectivity index (χ1v) is 10.9. The maximum absolute atomic E-state index is 12.6. The first kappa shape index (κ1) is 19.0. The normalized spacial score (nSPS) is 17.3. The molecular formula is C19H25N3O2S2. The van der Waals surface area contributed by atoms with Crippen molar-refractivity contribution in [2.24, 2.45) is 0 Å². The molecule has 1 atom stereocenters. The highest BCUT2D eigenvalue weighted by Crippen LogP contribution is 2.29. The molecule has 0 aliphatic carbocycles. The summed E-state index contributed by atoms with van der Waals surface area (Å²) in [5.41, 5.74) is 1.03. The minimum absolute atomic E-state index is 0.0765. The summed E-state index contributed by atoms with van der Waals surface area (Å²) in [5.74, 6) is 0.629. The Morgan fingerprint density at radius 3 is 3.04 bits per heavy atom. The molecule has 7 heteroatoms. The Kier molecular flexibility index (Phi) is 6.80. The molecule has 3 heterocycles. The third kappa shape index (κ3) is 5.14. The Morgan fingerprint density at radius 1 is 1.38 bits per heavy atom. The number of amides is 2. The molecule has 140 valence electrons. The molecule has 1 fully saturated rings. The van der Waals surface area contributed by atoms with Crippen LogP contribution in [0.1, 0.15) is 47.7 Å². The van der Waals surface area contributed by atoms with Crippen molar-refractivity contribution in [2.45, 2.75) is 44.9 Å². The largest absolute Gasteiger partial charge is 0.356 e. The SMILES string of the molecule is CCC(=O)NCCc1csc(C2CCCN(C(=O)Cc3cccs3)C2)n1. The summed E-state index contributed by atoms with van der Waals surface area (Å²) in [6.45, 7) is 4.10. The van der Waals surface area contributed by atoms with Gasteiger partial charge in [-0.1, -0.05) is 13.0 Å². The molecule has 5 nitrogen and oxygen atoms in total. The second-order valence-electron chi connectivity index (χ2n) is 6.57. The molecule has 1 aliphatic rings. The maximum atomic E-state index is 12.6.